The maximum absolute atomic E-state index is 12.0. The molecule has 0 spiro atoms. The summed E-state index contributed by atoms with van der Waals surface area (Å²) in [5.41, 5.74) is 0.942. The zero-order valence-corrected chi connectivity index (χ0v) is 12.6. The van der Waals surface area contributed by atoms with E-state index in [1.807, 2.05) is 12.1 Å². The maximum Gasteiger partial charge on any atom is 0.287 e. The van der Waals surface area contributed by atoms with Gasteiger partial charge in [0, 0.05) is 15.2 Å². The van der Waals surface area contributed by atoms with Crippen LogP contribution in [0.2, 0.25) is 0 Å². The average Bonchev–Trinajstić information content (AvgIpc) is 2.41. The lowest BCUT2D eigenvalue weighted by Gasteiger charge is -2.07. The molecule has 6 nitrogen and oxygen atoms in total. The van der Waals surface area contributed by atoms with Gasteiger partial charge in [0.05, 0.1) is 4.92 Å². The van der Waals surface area contributed by atoms with Crippen LogP contribution in [0.3, 0.4) is 0 Å². The van der Waals surface area contributed by atoms with Crippen molar-refractivity contribution in [2.75, 3.05) is 5.32 Å². The van der Waals surface area contributed by atoms with Gasteiger partial charge in [0.25, 0.3) is 11.6 Å². The van der Waals surface area contributed by atoms with Gasteiger partial charge in [-0.3, -0.25) is 14.9 Å². The van der Waals surface area contributed by atoms with Gasteiger partial charge in [-0.05, 0) is 59.3 Å². The lowest BCUT2D eigenvalue weighted by molar-refractivity contribution is -0.385. The molecule has 1 amide bonds. The van der Waals surface area contributed by atoms with Crippen LogP contribution in [0.5, 0.6) is 0 Å². The van der Waals surface area contributed by atoms with Crippen LogP contribution in [0, 0.1) is 20.6 Å². The number of hydrogen-bond acceptors (Lipinski definition) is 4. The summed E-state index contributed by atoms with van der Waals surface area (Å²) < 4.78 is 1.03. The van der Waals surface area contributed by atoms with Gasteiger partial charge >= 0.3 is 0 Å². The number of carbonyl (C=O) groups excluding carboxylic acids is 1. The molecule has 0 saturated heterocycles. The van der Waals surface area contributed by atoms with Crippen molar-refractivity contribution in [3.63, 3.8) is 0 Å². The number of rotatable bonds is 3. The van der Waals surface area contributed by atoms with E-state index in [1.165, 1.54) is 6.07 Å². The van der Waals surface area contributed by atoms with E-state index in [-0.39, 0.29) is 11.6 Å². The molecule has 0 atom stereocenters. The summed E-state index contributed by atoms with van der Waals surface area (Å²) in [5.74, 6) is 0.0185. The number of nitrogens with one attached hydrogen (secondary N) is 1. The average molecular weight is 383 g/mol. The van der Waals surface area contributed by atoms with E-state index in [9.17, 15) is 14.9 Å². The smallest absolute Gasteiger partial charge is 0.287 e. The van der Waals surface area contributed by atoms with Crippen molar-refractivity contribution in [3.05, 3.63) is 61.3 Å². The van der Waals surface area contributed by atoms with Crippen LogP contribution < -0.4 is 5.32 Å². The highest BCUT2D eigenvalue weighted by Crippen LogP contribution is 2.18. The largest absolute Gasteiger partial charge is 0.306 e. The van der Waals surface area contributed by atoms with Crippen molar-refractivity contribution in [1.82, 2.24) is 4.98 Å². The van der Waals surface area contributed by atoms with E-state index in [1.54, 1.807) is 19.1 Å². The highest BCUT2D eigenvalue weighted by Gasteiger charge is 2.12. The van der Waals surface area contributed by atoms with Gasteiger partial charge in [-0.15, -0.1) is 0 Å². The fourth-order valence-corrected chi connectivity index (χ4v) is 1.93. The summed E-state index contributed by atoms with van der Waals surface area (Å²) in [6.45, 7) is 1.66. The fraction of sp³-hybridized carbons (Fsp3) is 0.0769. The molecule has 0 aliphatic carbocycles. The Bertz CT molecular complexity index is 671. The first-order valence-electron chi connectivity index (χ1n) is 5.65. The molecule has 102 valence electrons. The Morgan fingerprint density at radius 2 is 2.00 bits per heavy atom. The van der Waals surface area contributed by atoms with Crippen molar-refractivity contribution >= 4 is 40.0 Å². The Morgan fingerprint density at radius 3 is 2.55 bits per heavy atom. The van der Waals surface area contributed by atoms with E-state index >= 15 is 0 Å². The third-order valence-electron chi connectivity index (χ3n) is 2.61. The predicted molar refractivity (Wildman–Crippen MR) is 82.7 cm³/mol. The van der Waals surface area contributed by atoms with Crippen LogP contribution in [0.25, 0.3) is 0 Å². The normalized spacial score (nSPS) is 10.1. The zero-order valence-electron chi connectivity index (χ0n) is 10.5. The molecule has 20 heavy (non-hydrogen) atoms. The molecule has 2 rings (SSSR count). The molecule has 1 aromatic heterocycles. The number of nitro groups is 1. The van der Waals surface area contributed by atoms with Crippen molar-refractivity contribution in [2.45, 2.75) is 6.92 Å². The Kier molecular flexibility index (Phi) is 4.28. The molecule has 0 aliphatic rings. The number of carbonyl (C=O) groups is 1. The number of hydrogen-bond donors (Lipinski definition) is 1. The third-order valence-corrected chi connectivity index (χ3v) is 3.33. The Balaban J connectivity index is 2.19. The summed E-state index contributed by atoms with van der Waals surface area (Å²) in [6.07, 6.45) is 1.12. The third kappa shape index (κ3) is 3.29. The van der Waals surface area contributed by atoms with E-state index in [0.717, 1.165) is 9.77 Å². The van der Waals surface area contributed by atoms with Crippen LogP contribution in [0.1, 0.15) is 15.9 Å². The van der Waals surface area contributed by atoms with E-state index < -0.39 is 4.92 Å². The molecule has 1 aromatic carbocycles. The van der Waals surface area contributed by atoms with Crippen LogP contribution in [-0.2, 0) is 0 Å². The van der Waals surface area contributed by atoms with Crippen LogP contribution in [-0.4, -0.2) is 15.8 Å². The van der Waals surface area contributed by atoms with Crippen LogP contribution in [0.4, 0.5) is 11.5 Å². The van der Waals surface area contributed by atoms with Gasteiger partial charge in [-0.25, -0.2) is 4.98 Å². The second-order valence-electron chi connectivity index (χ2n) is 4.08. The van der Waals surface area contributed by atoms with E-state index in [2.05, 4.69) is 32.9 Å². The van der Waals surface area contributed by atoms with Crippen molar-refractivity contribution in [2.24, 2.45) is 0 Å². The Morgan fingerprint density at radius 1 is 1.35 bits per heavy atom. The SMILES string of the molecule is Cc1cc([N+](=O)[O-])cnc1NC(=O)c1ccc(I)cc1. The van der Waals surface area contributed by atoms with E-state index in [0.29, 0.717) is 16.9 Å². The Labute approximate surface area is 128 Å². The molecule has 0 unspecified atom stereocenters. The van der Waals surface area contributed by atoms with Gasteiger partial charge in [-0.2, -0.15) is 0 Å². The number of aryl methyl sites for hydroxylation is 1. The monoisotopic (exact) mass is 383 g/mol. The van der Waals surface area contributed by atoms with Gasteiger partial charge < -0.3 is 5.32 Å². The molecular formula is C13H10IN3O3. The van der Waals surface area contributed by atoms with Crippen molar-refractivity contribution < 1.29 is 9.72 Å². The molecule has 1 N–H and O–H groups in total. The predicted octanol–water partition coefficient (Wildman–Crippen LogP) is 3.16. The number of aromatic nitrogens is 1. The van der Waals surface area contributed by atoms with Crippen LogP contribution >= 0.6 is 22.6 Å². The first-order chi connectivity index (χ1) is 9.47. The molecule has 2 aromatic rings. The summed E-state index contributed by atoms with van der Waals surface area (Å²) in [6, 6.07) is 8.43. The standard InChI is InChI=1S/C13H10IN3O3/c1-8-6-11(17(19)20)7-15-12(8)16-13(18)9-2-4-10(14)5-3-9/h2-7H,1H3,(H,15,16,18). The summed E-state index contributed by atoms with van der Waals surface area (Å²) in [7, 11) is 0. The molecule has 0 fully saturated rings. The number of benzene rings is 1. The first kappa shape index (κ1) is 14.4. The molecule has 0 aliphatic heterocycles. The lowest BCUT2D eigenvalue weighted by atomic mass is 10.2. The first-order valence-corrected chi connectivity index (χ1v) is 6.73. The number of anilines is 1. The zero-order chi connectivity index (χ0) is 14.7. The molecular weight excluding hydrogens is 373 g/mol. The number of pyridine rings is 1. The van der Waals surface area contributed by atoms with Gasteiger partial charge in [0.2, 0.25) is 0 Å². The molecule has 0 saturated carbocycles. The molecule has 1 heterocycles. The van der Waals surface area contributed by atoms with Crippen LogP contribution in [0.15, 0.2) is 36.5 Å². The minimum atomic E-state index is -0.523. The minimum absolute atomic E-state index is 0.102. The second kappa shape index (κ2) is 5.95. The minimum Gasteiger partial charge on any atom is -0.306 e. The number of nitrogens with zero attached hydrogens (tertiary/aromatic N) is 2. The quantitative estimate of drug-likeness (QED) is 0.501. The maximum atomic E-state index is 12.0. The molecule has 0 bridgehead atoms. The van der Waals surface area contributed by atoms with Crippen molar-refractivity contribution in [1.29, 1.82) is 0 Å². The van der Waals surface area contributed by atoms with Gasteiger partial charge in [0.1, 0.15) is 12.0 Å². The topological polar surface area (TPSA) is 85.1 Å². The fourth-order valence-electron chi connectivity index (χ4n) is 1.57. The summed E-state index contributed by atoms with van der Waals surface area (Å²) in [5, 5.41) is 13.3. The number of amides is 1. The summed E-state index contributed by atoms with van der Waals surface area (Å²) >= 11 is 2.15. The molecule has 0 radical (unpaired) electrons. The highest BCUT2D eigenvalue weighted by molar-refractivity contribution is 14.1. The van der Waals surface area contributed by atoms with Crippen molar-refractivity contribution in [3.8, 4) is 0 Å². The lowest BCUT2D eigenvalue weighted by Crippen LogP contribution is -2.14. The number of halogens is 1. The molecule has 7 heteroatoms. The highest BCUT2D eigenvalue weighted by atomic mass is 127. The summed E-state index contributed by atoms with van der Waals surface area (Å²) in [4.78, 5) is 26.0. The Hall–Kier alpha value is -2.03. The second-order valence-corrected chi connectivity index (χ2v) is 5.32. The van der Waals surface area contributed by atoms with Gasteiger partial charge in [-0.1, -0.05) is 0 Å². The van der Waals surface area contributed by atoms with E-state index in [4.69, 9.17) is 0 Å². The van der Waals surface area contributed by atoms with Gasteiger partial charge in [0.15, 0.2) is 0 Å².